The van der Waals surface area contributed by atoms with Crippen molar-refractivity contribution < 1.29 is 41.0 Å². The van der Waals surface area contributed by atoms with E-state index in [9.17, 15) is 31.5 Å². The number of benzene rings is 1. The highest BCUT2D eigenvalue weighted by molar-refractivity contribution is 7.89. The topological polar surface area (TPSA) is 93.1 Å². The zero-order chi connectivity index (χ0) is 20.2. The molecule has 1 aliphatic heterocycles. The molecule has 11 heteroatoms. The molecular weight excluding hydrogens is 391 g/mol. The normalized spacial score (nSPS) is 21.7. The molecule has 0 unspecified atom stereocenters. The Morgan fingerprint density at radius 2 is 1.93 bits per heavy atom. The van der Waals surface area contributed by atoms with Crippen LogP contribution in [0.25, 0.3) is 0 Å². The Balaban J connectivity index is 2.28. The molecule has 1 aliphatic rings. The van der Waals surface area contributed by atoms with Gasteiger partial charge in [-0.3, -0.25) is 4.79 Å². The lowest BCUT2D eigenvalue weighted by Crippen LogP contribution is -2.51. The van der Waals surface area contributed by atoms with Crippen molar-refractivity contribution in [2.24, 2.45) is 5.92 Å². The van der Waals surface area contributed by atoms with Gasteiger partial charge in [-0.2, -0.15) is 4.31 Å². The number of sulfonamides is 1. The van der Waals surface area contributed by atoms with Crippen LogP contribution in [0.2, 0.25) is 0 Å². The molecule has 7 nitrogen and oxygen atoms in total. The first-order valence-corrected chi connectivity index (χ1v) is 9.67. The highest BCUT2D eigenvalue weighted by atomic mass is 32.2. The van der Waals surface area contributed by atoms with Crippen molar-refractivity contribution in [1.82, 2.24) is 4.31 Å². The molecule has 1 heterocycles. The van der Waals surface area contributed by atoms with E-state index in [1.165, 1.54) is 0 Å². The van der Waals surface area contributed by atoms with Gasteiger partial charge in [0.25, 0.3) is 0 Å². The third-order valence-corrected chi connectivity index (χ3v) is 6.07. The number of alkyl halides is 3. The van der Waals surface area contributed by atoms with Gasteiger partial charge in [0.05, 0.1) is 11.5 Å². The standard InChI is InChI=1S/C16H20F3NO6S/c1-2-25-15(22)14-9-11(10-21)7-8-20(14)27(23,24)13-5-3-12(4-6-13)26-16(17,18)19/h3-6,11,14,21H,2,7-10H2,1H3/t11-,14-/m1/s1. The third-order valence-electron chi connectivity index (χ3n) is 4.14. The van der Waals surface area contributed by atoms with Crippen molar-refractivity contribution in [3.05, 3.63) is 24.3 Å². The number of hydrogen-bond acceptors (Lipinski definition) is 6. The van der Waals surface area contributed by atoms with Gasteiger partial charge >= 0.3 is 12.3 Å². The first-order chi connectivity index (χ1) is 12.6. The van der Waals surface area contributed by atoms with Crippen LogP contribution in [-0.4, -0.2) is 56.0 Å². The van der Waals surface area contributed by atoms with Gasteiger partial charge in [0.1, 0.15) is 11.8 Å². The summed E-state index contributed by atoms with van der Waals surface area (Å²) in [6.07, 6.45) is -4.44. The van der Waals surface area contributed by atoms with Crippen molar-refractivity contribution in [3.63, 3.8) is 0 Å². The summed E-state index contributed by atoms with van der Waals surface area (Å²) in [5.41, 5.74) is 0. The van der Waals surface area contributed by atoms with Gasteiger partial charge in [0, 0.05) is 13.2 Å². The number of ether oxygens (including phenoxy) is 2. The van der Waals surface area contributed by atoms with Crippen LogP contribution in [0.4, 0.5) is 13.2 Å². The summed E-state index contributed by atoms with van der Waals surface area (Å²) >= 11 is 0. The molecule has 0 aliphatic carbocycles. The molecule has 1 fully saturated rings. The van der Waals surface area contributed by atoms with Crippen molar-refractivity contribution >= 4 is 16.0 Å². The Morgan fingerprint density at radius 3 is 2.44 bits per heavy atom. The molecule has 0 amide bonds. The lowest BCUT2D eigenvalue weighted by atomic mass is 9.93. The molecule has 1 saturated heterocycles. The molecule has 0 saturated carbocycles. The van der Waals surface area contributed by atoms with Gasteiger partial charge < -0.3 is 14.6 Å². The Labute approximate surface area is 154 Å². The van der Waals surface area contributed by atoms with Crippen LogP contribution in [0.1, 0.15) is 19.8 Å². The van der Waals surface area contributed by atoms with Crippen LogP contribution in [0.15, 0.2) is 29.2 Å². The minimum Gasteiger partial charge on any atom is -0.465 e. The average Bonchev–Trinajstić information content (AvgIpc) is 2.60. The molecule has 2 rings (SSSR count). The Hall–Kier alpha value is -1.85. The third kappa shape index (κ3) is 5.33. The number of carbonyl (C=O) groups is 1. The van der Waals surface area contributed by atoms with Crippen LogP contribution < -0.4 is 4.74 Å². The summed E-state index contributed by atoms with van der Waals surface area (Å²) in [4.78, 5) is 11.9. The molecule has 0 spiro atoms. The molecule has 1 aromatic rings. The lowest BCUT2D eigenvalue weighted by Gasteiger charge is -2.36. The number of hydrogen-bond donors (Lipinski definition) is 1. The molecule has 1 aromatic carbocycles. The molecule has 0 bridgehead atoms. The average molecular weight is 411 g/mol. The lowest BCUT2D eigenvalue weighted by molar-refractivity contribution is -0.274. The fraction of sp³-hybridized carbons (Fsp3) is 0.562. The predicted molar refractivity (Wildman–Crippen MR) is 87.2 cm³/mol. The molecular formula is C16H20F3NO6S. The smallest absolute Gasteiger partial charge is 0.465 e. The maximum Gasteiger partial charge on any atom is 0.573 e. The van der Waals surface area contributed by atoms with Crippen LogP contribution in [0.5, 0.6) is 5.75 Å². The number of carbonyl (C=O) groups excluding carboxylic acids is 1. The van der Waals surface area contributed by atoms with E-state index in [0.29, 0.717) is 6.42 Å². The summed E-state index contributed by atoms with van der Waals surface area (Å²) in [7, 11) is -4.15. The number of nitrogens with zero attached hydrogens (tertiary/aromatic N) is 1. The molecule has 152 valence electrons. The number of piperidine rings is 1. The first kappa shape index (κ1) is 21.5. The van der Waals surface area contributed by atoms with Gasteiger partial charge in [-0.1, -0.05) is 0 Å². The van der Waals surface area contributed by atoms with Crippen molar-refractivity contribution in [3.8, 4) is 5.75 Å². The fourth-order valence-corrected chi connectivity index (χ4v) is 4.47. The summed E-state index contributed by atoms with van der Waals surface area (Å²) in [5, 5.41) is 9.32. The molecule has 27 heavy (non-hydrogen) atoms. The number of halogens is 3. The van der Waals surface area contributed by atoms with Crippen LogP contribution in [-0.2, 0) is 19.6 Å². The molecule has 1 N–H and O–H groups in total. The minimum absolute atomic E-state index is 0.0160. The summed E-state index contributed by atoms with van der Waals surface area (Å²) < 4.78 is 72.1. The second kappa shape index (κ2) is 8.44. The first-order valence-electron chi connectivity index (χ1n) is 8.23. The van der Waals surface area contributed by atoms with E-state index in [0.717, 1.165) is 28.6 Å². The van der Waals surface area contributed by atoms with E-state index in [1.54, 1.807) is 6.92 Å². The summed E-state index contributed by atoms with van der Waals surface area (Å²) in [6, 6.07) is 2.64. The van der Waals surface area contributed by atoms with E-state index in [2.05, 4.69) is 4.74 Å². The van der Waals surface area contributed by atoms with E-state index < -0.39 is 34.1 Å². The fourth-order valence-electron chi connectivity index (χ4n) is 2.87. The van der Waals surface area contributed by atoms with E-state index in [-0.39, 0.29) is 37.0 Å². The van der Waals surface area contributed by atoms with Crippen LogP contribution >= 0.6 is 0 Å². The largest absolute Gasteiger partial charge is 0.573 e. The Morgan fingerprint density at radius 1 is 1.30 bits per heavy atom. The van der Waals surface area contributed by atoms with Gasteiger partial charge in [-0.25, -0.2) is 8.42 Å². The highest BCUT2D eigenvalue weighted by Gasteiger charge is 2.41. The van der Waals surface area contributed by atoms with Gasteiger partial charge in [0.2, 0.25) is 10.0 Å². The Kier molecular flexibility index (Phi) is 6.71. The molecule has 0 aromatic heterocycles. The number of aliphatic hydroxyl groups is 1. The quantitative estimate of drug-likeness (QED) is 0.719. The van der Waals surface area contributed by atoms with Crippen molar-refractivity contribution in [1.29, 1.82) is 0 Å². The Bertz CT molecular complexity index is 750. The van der Waals surface area contributed by atoms with Crippen molar-refractivity contribution in [2.45, 2.75) is 37.1 Å². The highest BCUT2D eigenvalue weighted by Crippen LogP contribution is 2.31. The van der Waals surface area contributed by atoms with Crippen LogP contribution in [0, 0.1) is 5.92 Å². The number of aliphatic hydroxyl groups excluding tert-OH is 1. The van der Waals surface area contributed by atoms with E-state index in [4.69, 9.17) is 4.74 Å². The zero-order valence-electron chi connectivity index (χ0n) is 14.5. The van der Waals surface area contributed by atoms with Gasteiger partial charge in [0.15, 0.2) is 0 Å². The maximum absolute atomic E-state index is 12.9. The van der Waals surface area contributed by atoms with Gasteiger partial charge in [-0.05, 0) is 49.9 Å². The molecule has 0 radical (unpaired) electrons. The second-order valence-electron chi connectivity index (χ2n) is 5.98. The second-order valence-corrected chi connectivity index (χ2v) is 7.87. The van der Waals surface area contributed by atoms with E-state index in [1.807, 2.05) is 0 Å². The number of rotatable bonds is 6. The molecule has 2 atom stereocenters. The number of esters is 1. The summed E-state index contributed by atoms with van der Waals surface area (Å²) in [5.74, 6) is -1.52. The monoisotopic (exact) mass is 411 g/mol. The summed E-state index contributed by atoms with van der Waals surface area (Å²) in [6.45, 7) is 1.45. The van der Waals surface area contributed by atoms with E-state index >= 15 is 0 Å². The van der Waals surface area contributed by atoms with Crippen molar-refractivity contribution in [2.75, 3.05) is 19.8 Å². The predicted octanol–water partition coefficient (Wildman–Crippen LogP) is 1.91. The maximum atomic E-state index is 12.9. The SMILES string of the molecule is CCOC(=O)[C@H]1C[C@H](CO)CCN1S(=O)(=O)c1ccc(OC(F)(F)F)cc1. The zero-order valence-corrected chi connectivity index (χ0v) is 15.3. The van der Waals surface area contributed by atoms with Gasteiger partial charge in [-0.15, -0.1) is 13.2 Å². The van der Waals surface area contributed by atoms with Crippen LogP contribution in [0.3, 0.4) is 0 Å². The minimum atomic E-state index is -4.89.